The van der Waals surface area contributed by atoms with Crippen molar-refractivity contribution in [3.8, 4) is 5.75 Å². The van der Waals surface area contributed by atoms with Crippen molar-refractivity contribution in [3.05, 3.63) is 74.8 Å². The minimum absolute atomic E-state index is 0.0313. The normalized spacial score (nSPS) is 13.2. The van der Waals surface area contributed by atoms with E-state index >= 15 is 0 Å². The lowest BCUT2D eigenvalue weighted by Gasteiger charge is -2.14. The zero-order valence-corrected chi connectivity index (χ0v) is 14.7. The third-order valence-corrected chi connectivity index (χ3v) is 4.77. The first kappa shape index (κ1) is 17.0. The first-order valence-electron chi connectivity index (χ1n) is 7.86. The van der Waals surface area contributed by atoms with E-state index in [0.717, 1.165) is 4.90 Å². The van der Waals surface area contributed by atoms with Gasteiger partial charge in [0, 0.05) is 0 Å². The van der Waals surface area contributed by atoms with Gasteiger partial charge in [-0.15, -0.1) is 0 Å². The molecule has 0 unspecified atom stereocenters. The molecule has 3 aromatic rings. The molecule has 0 aliphatic carbocycles. The Labute approximate surface area is 157 Å². The Balaban J connectivity index is 1.88. The first-order chi connectivity index (χ1) is 12.9. The van der Waals surface area contributed by atoms with Crippen molar-refractivity contribution >= 4 is 45.6 Å². The maximum absolute atomic E-state index is 12.8. The molecule has 0 fully saturated rings. The molecule has 1 heterocycles. The molecule has 0 N–H and O–H groups in total. The molecule has 0 spiro atoms. The smallest absolute Gasteiger partial charge is 0.295 e. The van der Waals surface area contributed by atoms with Crippen molar-refractivity contribution in [2.75, 3.05) is 12.0 Å². The maximum atomic E-state index is 12.8. The first-order valence-corrected chi connectivity index (χ1v) is 8.23. The van der Waals surface area contributed by atoms with Crippen LogP contribution in [0.15, 0.2) is 48.5 Å². The van der Waals surface area contributed by atoms with Crippen LogP contribution < -0.4 is 9.64 Å². The molecule has 0 saturated carbocycles. The second-order valence-electron chi connectivity index (χ2n) is 5.92. The Morgan fingerprint density at radius 1 is 1.00 bits per heavy atom. The van der Waals surface area contributed by atoms with Crippen LogP contribution in [0.1, 0.15) is 20.7 Å². The lowest BCUT2D eigenvalue weighted by atomic mass is 10.0. The molecule has 4 rings (SSSR count). The van der Waals surface area contributed by atoms with Gasteiger partial charge in [0.1, 0.15) is 10.8 Å². The van der Waals surface area contributed by atoms with Crippen LogP contribution in [0.4, 0.5) is 11.4 Å². The number of ether oxygens (including phenoxy) is 1. The number of rotatable bonds is 3. The van der Waals surface area contributed by atoms with Crippen LogP contribution in [0.3, 0.4) is 0 Å². The van der Waals surface area contributed by atoms with Gasteiger partial charge in [0.2, 0.25) is 0 Å². The summed E-state index contributed by atoms with van der Waals surface area (Å²) in [6.45, 7) is 0. The lowest BCUT2D eigenvalue weighted by molar-refractivity contribution is -0.382. The van der Waals surface area contributed by atoms with Crippen molar-refractivity contribution in [2.24, 2.45) is 0 Å². The Hall–Kier alpha value is -3.45. The Kier molecular flexibility index (Phi) is 3.82. The van der Waals surface area contributed by atoms with Gasteiger partial charge < -0.3 is 4.74 Å². The third kappa shape index (κ3) is 2.51. The largest absolute Gasteiger partial charge is 0.497 e. The predicted octanol–water partition coefficient (Wildman–Crippen LogP) is 4.21. The predicted molar refractivity (Wildman–Crippen MR) is 99.7 cm³/mol. The van der Waals surface area contributed by atoms with Crippen LogP contribution in [0.5, 0.6) is 5.75 Å². The summed E-state index contributed by atoms with van der Waals surface area (Å²) >= 11 is 5.95. The van der Waals surface area contributed by atoms with E-state index in [0.29, 0.717) is 16.8 Å². The molecule has 1 aliphatic rings. The number of halogens is 1. The van der Waals surface area contributed by atoms with Gasteiger partial charge >= 0.3 is 0 Å². The van der Waals surface area contributed by atoms with Crippen molar-refractivity contribution in [2.45, 2.75) is 0 Å². The van der Waals surface area contributed by atoms with Crippen LogP contribution in [-0.4, -0.2) is 23.8 Å². The summed E-state index contributed by atoms with van der Waals surface area (Å²) in [5.74, 6) is -0.442. The zero-order valence-electron chi connectivity index (χ0n) is 13.9. The van der Waals surface area contributed by atoms with E-state index < -0.39 is 16.7 Å². The Morgan fingerprint density at radius 2 is 1.63 bits per heavy atom. The molecule has 0 radical (unpaired) electrons. The number of hydrogen-bond acceptors (Lipinski definition) is 5. The number of amides is 2. The third-order valence-electron chi connectivity index (χ3n) is 4.46. The summed E-state index contributed by atoms with van der Waals surface area (Å²) in [5.41, 5.74) is 0.396. The summed E-state index contributed by atoms with van der Waals surface area (Å²) < 4.78 is 5.08. The summed E-state index contributed by atoms with van der Waals surface area (Å²) in [6, 6.07) is 12.3. The molecule has 1 aliphatic heterocycles. The molecule has 0 aromatic heterocycles. The highest BCUT2D eigenvalue weighted by Gasteiger charge is 2.37. The molecule has 27 heavy (non-hydrogen) atoms. The van der Waals surface area contributed by atoms with Gasteiger partial charge in [0.05, 0.1) is 34.2 Å². The number of nitro groups is 1. The van der Waals surface area contributed by atoms with Gasteiger partial charge in [-0.1, -0.05) is 17.7 Å². The standard InChI is InChI=1S/C19H11ClN2O5/c1-27-12-5-3-11(4-6-12)21-18(23)14-8-10-2-7-16(20)17(22(25)26)13(10)9-15(14)19(21)24/h2-9H,1H3. The number of benzene rings is 3. The molecule has 0 bridgehead atoms. The Morgan fingerprint density at radius 3 is 2.22 bits per heavy atom. The molecule has 0 atom stereocenters. The van der Waals surface area contributed by atoms with Gasteiger partial charge in [-0.3, -0.25) is 19.7 Å². The van der Waals surface area contributed by atoms with E-state index in [4.69, 9.17) is 16.3 Å². The quantitative estimate of drug-likeness (QED) is 0.384. The van der Waals surface area contributed by atoms with E-state index in [1.54, 1.807) is 30.3 Å². The SMILES string of the molecule is COc1ccc(N2C(=O)c3cc4ccc(Cl)c([N+](=O)[O-])c4cc3C2=O)cc1. The van der Waals surface area contributed by atoms with Crippen LogP contribution in [0, 0.1) is 10.1 Å². The highest BCUT2D eigenvalue weighted by molar-refractivity contribution is 6.37. The van der Waals surface area contributed by atoms with Gasteiger partial charge in [-0.2, -0.15) is 0 Å². The fourth-order valence-electron chi connectivity index (χ4n) is 3.17. The molecule has 7 nitrogen and oxygen atoms in total. The molecule has 3 aromatic carbocycles. The maximum Gasteiger partial charge on any atom is 0.295 e. The van der Waals surface area contributed by atoms with Crippen molar-refractivity contribution in [1.29, 1.82) is 0 Å². The second-order valence-corrected chi connectivity index (χ2v) is 6.32. The number of anilines is 1. The average molecular weight is 383 g/mol. The van der Waals surface area contributed by atoms with Gasteiger partial charge in [0.15, 0.2) is 0 Å². The van der Waals surface area contributed by atoms with Crippen LogP contribution in [0.2, 0.25) is 5.02 Å². The summed E-state index contributed by atoms with van der Waals surface area (Å²) in [5, 5.41) is 12.0. The topological polar surface area (TPSA) is 89.8 Å². The van der Waals surface area contributed by atoms with E-state index in [-0.39, 0.29) is 27.2 Å². The van der Waals surface area contributed by atoms with Crippen molar-refractivity contribution in [3.63, 3.8) is 0 Å². The van der Waals surface area contributed by atoms with E-state index in [9.17, 15) is 19.7 Å². The fraction of sp³-hybridized carbons (Fsp3) is 0.0526. The van der Waals surface area contributed by atoms with Gasteiger partial charge in [-0.05, 0) is 47.9 Å². The molecular formula is C19H11ClN2O5. The number of nitrogens with zero attached hydrogens (tertiary/aromatic N) is 2. The van der Waals surface area contributed by atoms with E-state index in [2.05, 4.69) is 0 Å². The number of carbonyl (C=O) groups excluding carboxylic acids is 2. The molecule has 2 amide bonds. The molecule has 0 saturated heterocycles. The summed E-state index contributed by atoms with van der Waals surface area (Å²) in [6.07, 6.45) is 0. The van der Waals surface area contributed by atoms with Crippen LogP contribution >= 0.6 is 11.6 Å². The summed E-state index contributed by atoms with van der Waals surface area (Å²) in [7, 11) is 1.51. The molecule has 134 valence electrons. The lowest BCUT2D eigenvalue weighted by Crippen LogP contribution is -2.29. The van der Waals surface area contributed by atoms with Crippen molar-refractivity contribution < 1.29 is 19.2 Å². The number of imide groups is 1. The number of fused-ring (bicyclic) bond motifs is 2. The summed E-state index contributed by atoms with van der Waals surface area (Å²) in [4.78, 5) is 37.5. The number of hydrogen-bond donors (Lipinski definition) is 0. The molecular weight excluding hydrogens is 372 g/mol. The molecule has 8 heteroatoms. The zero-order chi connectivity index (χ0) is 19.3. The average Bonchev–Trinajstić information content (AvgIpc) is 2.90. The minimum atomic E-state index is -0.598. The van der Waals surface area contributed by atoms with Crippen LogP contribution in [-0.2, 0) is 0 Å². The monoisotopic (exact) mass is 382 g/mol. The number of carbonyl (C=O) groups is 2. The van der Waals surface area contributed by atoms with Gasteiger partial charge in [-0.25, -0.2) is 4.90 Å². The van der Waals surface area contributed by atoms with Crippen molar-refractivity contribution in [1.82, 2.24) is 0 Å². The minimum Gasteiger partial charge on any atom is -0.497 e. The number of methoxy groups -OCH3 is 1. The van der Waals surface area contributed by atoms with Crippen LogP contribution in [0.25, 0.3) is 10.8 Å². The highest BCUT2D eigenvalue weighted by atomic mass is 35.5. The van der Waals surface area contributed by atoms with E-state index in [1.165, 1.54) is 25.3 Å². The Bertz CT molecular complexity index is 1140. The highest BCUT2D eigenvalue weighted by Crippen LogP contribution is 2.38. The fourth-order valence-corrected chi connectivity index (χ4v) is 3.40. The van der Waals surface area contributed by atoms with E-state index in [1.807, 2.05) is 0 Å². The second kappa shape index (κ2) is 6.07. The van der Waals surface area contributed by atoms with Gasteiger partial charge in [0.25, 0.3) is 17.5 Å². The number of nitro benzene ring substituents is 1.